The first-order valence-electron chi connectivity index (χ1n) is 6.03. The summed E-state index contributed by atoms with van der Waals surface area (Å²) in [6.45, 7) is 5.60. The number of ether oxygens (including phenoxy) is 1. The lowest BCUT2D eigenvalue weighted by Crippen LogP contribution is -2.41. The predicted octanol–water partition coefficient (Wildman–Crippen LogP) is 2.15. The molecule has 0 fully saturated rings. The molecule has 0 saturated carbocycles. The first kappa shape index (κ1) is 15.4. The SMILES string of the molecule is CCOC(=O)CN(C(=O)c1ccnc(Cl)c1)C(C)C. The summed E-state index contributed by atoms with van der Waals surface area (Å²) in [5.41, 5.74) is 0.401. The zero-order chi connectivity index (χ0) is 14.4. The molecule has 1 heterocycles. The van der Waals surface area contributed by atoms with Crippen LogP contribution in [0.5, 0.6) is 0 Å². The minimum atomic E-state index is -0.426. The van der Waals surface area contributed by atoms with E-state index >= 15 is 0 Å². The summed E-state index contributed by atoms with van der Waals surface area (Å²) in [6.07, 6.45) is 1.46. The average Bonchev–Trinajstić information content (AvgIpc) is 2.35. The Kier molecular flexibility index (Phi) is 5.76. The highest BCUT2D eigenvalue weighted by molar-refractivity contribution is 6.29. The van der Waals surface area contributed by atoms with Gasteiger partial charge in [0.25, 0.3) is 5.91 Å². The number of esters is 1. The average molecular weight is 285 g/mol. The first-order valence-corrected chi connectivity index (χ1v) is 6.41. The Hall–Kier alpha value is -1.62. The number of carbonyl (C=O) groups is 2. The molecule has 1 rings (SSSR count). The summed E-state index contributed by atoms with van der Waals surface area (Å²) in [7, 11) is 0. The third kappa shape index (κ3) is 4.52. The summed E-state index contributed by atoms with van der Waals surface area (Å²) in [5, 5.41) is 0.241. The number of pyridine rings is 1. The lowest BCUT2D eigenvalue weighted by atomic mass is 10.2. The van der Waals surface area contributed by atoms with Crippen molar-refractivity contribution in [2.45, 2.75) is 26.8 Å². The molecule has 0 aliphatic heterocycles. The van der Waals surface area contributed by atoms with Gasteiger partial charge in [0.2, 0.25) is 0 Å². The number of hydrogen-bond acceptors (Lipinski definition) is 4. The van der Waals surface area contributed by atoms with Crippen molar-refractivity contribution in [3.05, 3.63) is 29.0 Å². The standard InChI is InChI=1S/C13H17ClN2O3/c1-4-19-12(17)8-16(9(2)3)13(18)10-5-6-15-11(14)7-10/h5-7,9H,4,8H2,1-3H3. The van der Waals surface area contributed by atoms with Crippen LogP contribution < -0.4 is 0 Å². The molecule has 0 radical (unpaired) electrons. The first-order chi connectivity index (χ1) is 8.95. The van der Waals surface area contributed by atoms with Crippen LogP contribution in [0.15, 0.2) is 18.3 Å². The third-order valence-corrected chi connectivity index (χ3v) is 2.67. The molecule has 0 unspecified atom stereocenters. The van der Waals surface area contributed by atoms with Crippen molar-refractivity contribution < 1.29 is 14.3 Å². The van der Waals surface area contributed by atoms with Crippen LogP contribution in [0, 0.1) is 0 Å². The summed E-state index contributed by atoms with van der Waals surface area (Å²) in [5.74, 6) is -0.697. The van der Waals surface area contributed by atoms with E-state index < -0.39 is 5.97 Å². The summed E-state index contributed by atoms with van der Waals surface area (Å²) in [6, 6.07) is 2.92. The molecule has 0 aliphatic carbocycles. The highest BCUT2D eigenvalue weighted by Gasteiger charge is 2.22. The Morgan fingerprint density at radius 2 is 2.16 bits per heavy atom. The molecule has 6 heteroatoms. The molecular formula is C13H17ClN2O3. The number of nitrogens with zero attached hydrogens (tertiary/aromatic N) is 2. The molecule has 0 aromatic carbocycles. The van der Waals surface area contributed by atoms with Gasteiger partial charge >= 0.3 is 5.97 Å². The topological polar surface area (TPSA) is 59.5 Å². The molecule has 0 atom stereocenters. The molecule has 1 amide bonds. The summed E-state index contributed by atoms with van der Waals surface area (Å²) in [4.78, 5) is 29.1. The smallest absolute Gasteiger partial charge is 0.325 e. The van der Waals surface area contributed by atoms with E-state index in [1.807, 2.05) is 13.8 Å². The molecule has 0 aliphatic rings. The van der Waals surface area contributed by atoms with E-state index in [9.17, 15) is 9.59 Å². The lowest BCUT2D eigenvalue weighted by Gasteiger charge is -2.25. The third-order valence-electron chi connectivity index (χ3n) is 2.46. The fourth-order valence-corrected chi connectivity index (χ4v) is 1.71. The van der Waals surface area contributed by atoms with Crippen molar-refractivity contribution >= 4 is 23.5 Å². The van der Waals surface area contributed by atoms with Crippen molar-refractivity contribution in [3.8, 4) is 0 Å². The van der Waals surface area contributed by atoms with Crippen LogP contribution in [-0.2, 0) is 9.53 Å². The van der Waals surface area contributed by atoms with Crippen molar-refractivity contribution in [2.75, 3.05) is 13.2 Å². The fourth-order valence-electron chi connectivity index (χ4n) is 1.54. The predicted molar refractivity (Wildman–Crippen MR) is 72.1 cm³/mol. The second-order valence-electron chi connectivity index (χ2n) is 4.20. The van der Waals surface area contributed by atoms with Gasteiger partial charge in [0, 0.05) is 17.8 Å². The second kappa shape index (κ2) is 7.09. The van der Waals surface area contributed by atoms with Gasteiger partial charge < -0.3 is 9.64 Å². The molecule has 0 N–H and O–H groups in total. The number of aromatic nitrogens is 1. The largest absolute Gasteiger partial charge is 0.465 e. The van der Waals surface area contributed by atoms with Gasteiger partial charge in [-0.25, -0.2) is 4.98 Å². The van der Waals surface area contributed by atoms with Crippen LogP contribution in [0.4, 0.5) is 0 Å². The molecule has 5 nitrogen and oxygen atoms in total. The minimum Gasteiger partial charge on any atom is -0.465 e. The highest BCUT2D eigenvalue weighted by atomic mass is 35.5. The Balaban J connectivity index is 2.87. The molecule has 104 valence electrons. The maximum Gasteiger partial charge on any atom is 0.325 e. The zero-order valence-electron chi connectivity index (χ0n) is 11.2. The number of amides is 1. The van der Waals surface area contributed by atoms with E-state index in [1.165, 1.54) is 17.2 Å². The summed E-state index contributed by atoms with van der Waals surface area (Å²) < 4.78 is 4.86. The monoisotopic (exact) mass is 284 g/mol. The minimum absolute atomic E-state index is 0.0791. The molecule has 1 aromatic heterocycles. The Bertz CT molecular complexity index is 463. The molecular weight excluding hydrogens is 268 g/mol. The number of halogens is 1. The van der Waals surface area contributed by atoms with Gasteiger partial charge in [0.05, 0.1) is 6.61 Å². The van der Waals surface area contributed by atoms with Gasteiger partial charge in [-0.15, -0.1) is 0 Å². The Labute approximate surface area is 117 Å². The highest BCUT2D eigenvalue weighted by Crippen LogP contribution is 2.12. The van der Waals surface area contributed by atoms with Crippen LogP contribution in [0.1, 0.15) is 31.1 Å². The maximum absolute atomic E-state index is 12.3. The maximum atomic E-state index is 12.3. The van der Waals surface area contributed by atoms with Crippen LogP contribution in [-0.4, -0.2) is 41.0 Å². The van der Waals surface area contributed by atoms with E-state index in [2.05, 4.69) is 4.98 Å². The molecule has 1 aromatic rings. The molecule has 0 bridgehead atoms. The lowest BCUT2D eigenvalue weighted by molar-refractivity contribution is -0.144. The van der Waals surface area contributed by atoms with Crippen molar-refractivity contribution in [3.63, 3.8) is 0 Å². The van der Waals surface area contributed by atoms with Crippen LogP contribution >= 0.6 is 11.6 Å². The zero-order valence-corrected chi connectivity index (χ0v) is 12.0. The normalized spacial score (nSPS) is 10.4. The Morgan fingerprint density at radius 1 is 1.47 bits per heavy atom. The van der Waals surface area contributed by atoms with E-state index in [0.29, 0.717) is 12.2 Å². The second-order valence-corrected chi connectivity index (χ2v) is 4.59. The molecule has 19 heavy (non-hydrogen) atoms. The van der Waals surface area contributed by atoms with Gasteiger partial charge in [0.15, 0.2) is 0 Å². The van der Waals surface area contributed by atoms with Crippen molar-refractivity contribution in [2.24, 2.45) is 0 Å². The van der Waals surface area contributed by atoms with Gasteiger partial charge in [-0.05, 0) is 32.9 Å². The van der Waals surface area contributed by atoms with Gasteiger partial charge in [0.1, 0.15) is 11.7 Å². The quantitative estimate of drug-likeness (QED) is 0.614. The number of carbonyl (C=O) groups excluding carboxylic acids is 2. The number of rotatable bonds is 5. The fraction of sp³-hybridized carbons (Fsp3) is 0.462. The van der Waals surface area contributed by atoms with Gasteiger partial charge in [-0.1, -0.05) is 11.6 Å². The van der Waals surface area contributed by atoms with E-state index in [4.69, 9.17) is 16.3 Å². The Morgan fingerprint density at radius 3 is 2.68 bits per heavy atom. The van der Waals surface area contributed by atoms with E-state index in [1.54, 1.807) is 13.0 Å². The number of hydrogen-bond donors (Lipinski definition) is 0. The van der Waals surface area contributed by atoms with Crippen molar-refractivity contribution in [1.82, 2.24) is 9.88 Å². The van der Waals surface area contributed by atoms with E-state index in [-0.39, 0.29) is 23.6 Å². The van der Waals surface area contributed by atoms with Gasteiger partial charge in [-0.3, -0.25) is 9.59 Å². The summed E-state index contributed by atoms with van der Waals surface area (Å²) >= 11 is 5.76. The molecule has 0 saturated heterocycles. The van der Waals surface area contributed by atoms with Crippen LogP contribution in [0.3, 0.4) is 0 Å². The van der Waals surface area contributed by atoms with Gasteiger partial charge in [-0.2, -0.15) is 0 Å². The van der Waals surface area contributed by atoms with Crippen LogP contribution in [0.25, 0.3) is 0 Å². The van der Waals surface area contributed by atoms with Crippen molar-refractivity contribution in [1.29, 1.82) is 0 Å². The van der Waals surface area contributed by atoms with E-state index in [0.717, 1.165) is 0 Å². The molecule has 0 spiro atoms. The van der Waals surface area contributed by atoms with Crippen LogP contribution in [0.2, 0.25) is 5.15 Å².